The number of hydrogen-bond donors (Lipinski definition) is 1. The van der Waals surface area contributed by atoms with Crippen molar-refractivity contribution < 1.29 is 9.53 Å². The van der Waals surface area contributed by atoms with Gasteiger partial charge in [-0.2, -0.15) is 0 Å². The van der Waals surface area contributed by atoms with E-state index in [0.717, 1.165) is 6.42 Å². The van der Waals surface area contributed by atoms with Crippen LogP contribution in [0.4, 0.5) is 0 Å². The Balaban J connectivity index is 3.27. The molecule has 0 aliphatic heterocycles. The third-order valence-corrected chi connectivity index (χ3v) is 1.00. The largest absolute Gasteiger partial charge is 0.384 e. The normalized spacial score (nSPS) is 10.2. The quantitative estimate of drug-likeness (QED) is 0.455. The van der Waals surface area contributed by atoms with Crippen LogP contribution < -0.4 is 5.32 Å². The predicted octanol–water partition coefficient (Wildman–Crippen LogP) is 0.325. The molecule has 0 fully saturated rings. The highest BCUT2D eigenvalue weighted by molar-refractivity contribution is 5.87. The SMILES string of the molecule is CNC(=O)/C=C/CCOC. The third kappa shape index (κ3) is 5.31. The summed E-state index contributed by atoms with van der Waals surface area (Å²) < 4.78 is 4.77. The summed E-state index contributed by atoms with van der Waals surface area (Å²) in [5.41, 5.74) is 0. The maximum atomic E-state index is 10.5. The van der Waals surface area contributed by atoms with Gasteiger partial charge < -0.3 is 10.1 Å². The molecule has 10 heavy (non-hydrogen) atoms. The second-order valence-electron chi connectivity index (χ2n) is 1.80. The van der Waals surface area contributed by atoms with Gasteiger partial charge in [-0.1, -0.05) is 6.08 Å². The zero-order valence-corrected chi connectivity index (χ0v) is 6.39. The maximum absolute atomic E-state index is 10.5. The van der Waals surface area contributed by atoms with E-state index in [1.54, 1.807) is 20.2 Å². The minimum atomic E-state index is -0.0731. The van der Waals surface area contributed by atoms with Crippen LogP contribution in [0.15, 0.2) is 12.2 Å². The van der Waals surface area contributed by atoms with Gasteiger partial charge in [-0.05, 0) is 12.5 Å². The molecule has 0 aliphatic carbocycles. The predicted molar refractivity (Wildman–Crippen MR) is 39.7 cm³/mol. The Morgan fingerprint density at radius 1 is 1.70 bits per heavy atom. The van der Waals surface area contributed by atoms with Crippen molar-refractivity contribution in [3.05, 3.63) is 12.2 Å². The summed E-state index contributed by atoms with van der Waals surface area (Å²) in [5, 5.41) is 2.48. The average molecular weight is 143 g/mol. The summed E-state index contributed by atoms with van der Waals surface area (Å²) >= 11 is 0. The van der Waals surface area contributed by atoms with Gasteiger partial charge in [-0.15, -0.1) is 0 Å². The molecule has 0 aromatic carbocycles. The first-order chi connectivity index (χ1) is 4.81. The molecule has 3 nitrogen and oxygen atoms in total. The number of hydrogen-bond acceptors (Lipinski definition) is 2. The Kier molecular flexibility index (Phi) is 5.77. The van der Waals surface area contributed by atoms with Crippen molar-refractivity contribution in [1.82, 2.24) is 5.32 Å². The Labute approximate surface area is 61.1 Å². The lowest BCUT2D eigenvalue weighted by molar-refractivity contribution is -0.116. The highest BCUT2D eigenvalue weighted by atomic mass is 16.5. The molecule has 0 bridgehead atoms. The van der Waals surface area contributed by atoms with Gasteiger partial charge in [0.05, 0.1) is 0 Å². The van der Waals surface area contributed by atoms with Gasteiger partial charge in [0.1, 0.15) is 0 Å². The van der Waals surface area contributed by atoms with E-state index in [1.165, 1.54) is 6.08 Å². The Morgan fingerprint density at radius 3 is 2.90 bits per heavy atom. The van der Waals surface area contributed by atoms with Crippen molar-refractivity contribution in [2.45, 2.75) is 6.42 Å². The summed E-state index contributed by atoms with van der Waals surface area (Å²) in [7, 11) is 3.23. The Hall–Kier alpha value is -0.830. The first kappa shape index (κ1) is 9.17. The van der Waals surface area contributed by atoms with Crippen LogP contribution in [-0.2, 0) is 9.53 Å². The number of likely N-dealkylation sites (N-methyl/N-ethyl adjacent to an activating group) is 1. The lowest BCUT2D eigenvalue weighted by atomic mass is 10.4. The van der Waals surface area contributed by atoms with Crippen molar-refractivity contribution in [3.8, 4) is 0 Å². The zero-order valence-electron chi connectivity index (χ0n) is 6.39. The second-order valence-corrected chi connectivity index (χ2v) is 1.80. The van der Waals surface area contributed by atoms with Crippen molar-refractivity contribution in [2.24, 2.45) is 0 Å². The van der Waals surface area contributed by atoms with Gasteiger partial charge in [0.25, 0.3) is 0 Å². The van der Waals surface area contributed by atoms with Crippen molar-refractivity contribution in [2.75, 3.05) is 20.8 Å². The molecule has 0 saturated heterocycles. The number of carbonyl (C=O) groups is 1. The molecule has 0 atom stereocenters. The van der Waals surface area contributed by atoms with Crippen LogP contribution in [0.2, 0.25) is 0 Å². The summed E-state index contributed by atoms with van der Waals surface area (Å²) in [6.07, 6.45) is 4.06. The molecule has 58 valence electrons. The van der Waals surface area contributed by atoms with Crippen LogP contribution in [0, 0.1) is 0 Å². The van der Waals surface area contributed by atoms with Crippen LogP contribution in [-0.4, -0.2) is 26.7 Å². The van der Waals surface area contributed by atoms with E-state index in [2.05, 4.69) is 5.32 Å². The molecule has 3 heteroatoms. The van der Waals surface area contributed by atoms with E-state index in [1.807, 2.05) is 0 Å². The molecule has 0 radical (unpaired) electrons. The monoisotopic (exact) mass is 143 g/mol. The topological polar surface area (TPSA) is 38.3 Å². The summed E-state index contributed by atoms with van der Waals surface area (Å²) in [4.78, 5) is 10.5. The highest BCUT2D eigenvalue weighted by Crippen LogP contribution is 1.82. The van der Waals surface area contributed by atoms with E-state index in [0.29, 0.717) is 6.61 Å². The molecule has 1 N–H and O–H groups in total. The summed E-state index contributed by atoms with van der Waals surface area (Å²) in [6.45, 7) is 0.660. The minimum Gasteiger partial charge on any atom is -0.384 e. The molecular formula is C7H13NO2. The standard InChI is InChI=1S/C7H13NO2/c1-8-7(9)5-3-4-6-10-2/h3,5H,4,6H2,1-2H3,(H,8,9)/b5-3+. The smallest absolute Gasteiger partial charge is 0.243 e. The third-order valence-electron chi connectivity index (χ3n) is 1.00. The number of ether oxygens (including phenoxy) is 1. The van der Waals surface area contributed by atoms with Crippen molar-refractivity contribution in [3.63, 3.8) is 0 Å². The number of carbonyl (C=O) groups excluding carboxylic acids is 1. The average Bonchev–Trinajstić information content (AvgIpc) is 1.98. The van der Waals surface area contributed by atoms with Crippen molar-refractivity contribution >= 4 is 5.91 Å². The van der Waals surface area contributed by atoms with Crippen LogP contribution >= 0.6 is 0 Å². The maximum Gasteiger partial charge on any atom is 0.243 e. The van der Waals surface area contributed by atoms with E-state index < -0.39 is 0 Å². The highest BCUT2D eigenvalue weighted by Gasteiger charge is 1.85. The molecule has 0 aliphatic rings. The molecule has 0 rings (SSSR count). The zero-order chi connectivity index (χ0) is 7.82. The van der Waals surface area contributed by atoms with Crippen LogP contribution in [0.25, 0.3) is 0 Å². The number of methoxy groups -OCH3 is 1. The fourth-order valence-corrected chi connectivity index (χ4v) is 0.460. The Bertz CT molecular complexity index is 121. The van der Waals surface area contributed by atoms with Gasteiger partial charge in [0, 0.05) is 20.8 Å². The molecule has 0 spiro atoms. The molecule has 0 heterocycles. The first-order valence-electron chi connectivity index (χ1n) is 3.18. The van der Waals surface area contributed by atoms with E-state index in [4.69, 9.17) is 4.74 Å². The first-order valence-corrected chi connectivity index (χ1v) is 3.18. The van der Waals surface area contributed by atoms with Gasteiger partial charge in [0.15, 0.2) is 0 Å². The second kappa shape index (κ2) is 6.29. The lowest BCUT2D eigenvalue weighted by Gasteiger charge is -1.91. The number of amides is 1. The van der Waals surface area contributed by atoms with E-state index in [-0.39, 0.29) is 5.91 Å². The minimum absolute atomic E-state index is 0.0731. The van der Waals surface area contributed by atoms with E-state index >= 15 is 0 Å². The number of nitrogens with one attached hydrogen (secondary N) is 1. The molecule has 0 unspecified atom stereocenters. The molecule has 0 aromatic rings. The summed E-state index contributed by atoms with van der Waals surface area (Å²) in [6, 6.07) is 0. The number of rotatable bonds is 4. The molecule has 0 aromatic heterocycles. The summed E-state index contributed by atoms with van der Waals surface area (Å²) in [5.74, 6) is -0.0731. The van der Waals surface area contributed by atoms with Crippen molar-refractivity contribution in [1.29, 1.82) is 0 Å². The fourth-order valence-electron chi connectivity index (χ4n) is 0.460. The Morgan fingerprint density at radius 2 is 2.40 bits per heavy atom. The molecular weight excluding hydrogens is 130 g/mol. The van der Waals surface area contributed by atoms with E-state index in [9.17, 15) is 4.79 Å². The van der Waals surface area contributed by atoms with Gasteiger partial charge in [0.2, 0.25) is 5.91 Å². The van der Waals surface area contributed by atoms with Gasteiger partial charge in [-0.25, -0.2) is 0 Å². The lowest BCUT2D eigenvalue weighted by Crippen LogP contribution is -2.13. The fraction of sp³-hybridized carbons (Fsp3) is 0.571. The van der Waals surface area contributed by atoms with Crippen LogP contribution in [0.5, 0.6) is 0 Å². The van der Waals surface area contributed by atoms with Crippen LogP contribution in [0.1, 0.15) is 6.42 Å². The van der Waals surface area contributed by atoms with Gasteiger partial charge in [-0.3, -0.25) is 4.79 Å². The molecule has 0 saturated carbocycles. The molecule has 1 amide bonds. The van der Waals surface area contributed by atoms with Crippen LogP contribution in [0.3, 0.4) is 0 Å². The van der Waals surface area contributed by atoms with Gasteiger partial charge >= 0.3 is 0 Å².